The number of rotatable bonds is 7. The molecule has 1 amide bonds. The molecular formula is C15H22N2O5. The maximum Gasteiger partial charge on any atom is 0.328 e. The minimum absolute atomic E-state index is 0.242. The average molecular weight is 310 g/mol. The zero-order valence-electron chi connectivity index (χ0n) is 13.1. The molecule has 0 unspecified atom stereocenters. The summed E-state index contributed by atoms with van der Waals surface area (Å²) in [4.78, 5) is 33.9. The Balaban J connectivity index is 2.53. The minimum Gasteiger partial charge on any atom is -0.503 e. The van der Waals surface area contributed by atoms with Gasteiger partial charge in [-0.05, 0) is 26.2 Å². The van der Waals surface area contributed by atoms with Gasteiger partial charge >= 0.3 is 5.97 Å². The first-order valence-electron chi connectivity index (χ1n) is 7.10. The predicted molar refractivity (Wildman–Crippen MR) is 80.6 cm³/mol. The van der Waals surface area contributed by atoms with Crippen LogP contribution in [0.5, 0.6) is 5.75 Å². The maximum atomic E-state index is 11.5. The minimum atomic E-state index is -0.647. The Morgan fingerprint density at radius 2 is 2.09 bits per heavy atom. The van der Waals surface area contributed by atoms with Gasteiger partial charge in [-0.1, -0.05) is 0 Å². The molecule has 22 heavy (non-hydrogen) atoms. The molecule has 0 bridgehead atoms. The van der Waals surface area contributed by atoms with Gasteiger partial charge in [-0.25, -0.2) is 4.79 Å². The third-order valence-electron chi connectivity index (χ3n) is 3.42. The van der Waals surface area contributed by atoms with Crippen molar-refractivity contribution in [1.29, 1.82) is 0 Å². The van der Waals surface area contributed by atoms with Gasteiger partial charge in [0, 0.05) is 25.7 Å². The molecule has 0 aliphatic carbocycles. The summed E-state index contributed by atoms with van der Waals surface area (Å²) in [7, 11) is 1.28. The van der Waals surface area contributed by atoms with Crippen molar-refractivity contribution in [2.45, 2.75) is 45.7 Å². The number of aromatic hydroxyl groups is 1. The van der Waals surface area contributed by atoms with Crippen LogP contribution in [0.2, 0.25) is 0 Å². The molecule has 1 aromatic rings. The highest BCUT2D eigenvalue weighted by Crippen LogP contribution is 2.11. The number of unbranched alkanes of at least 4 members (excludes halogenated alkanes) is 1. The molecule has 7 heteroatoms. The monoisotopic (exact) mass is 310 g/mol. The second-order valence-electron chi connectivity index (χ2n) is 5.08. The number of carbonyl (C=O) groups excluding carboxylic acids is 2. The maximum absolute atomic E-state index is 11.5. The molecule has 0 radical (unpaired) electrons. The fourth-order valence-electron chi connectivity index (χ4n) is 2.17. The Hall–Kier alpha value is -2.31. The Kier molecular flexibility index (Phi) is 6.62. The van der Waals surface area contributed by atoms with E-state index < -0.39 is 17.4 Å². The predicted octanol–water partition coefficient (Wildman–Crippen LogP) is 0.710. The van der Waals surface area contributed by atoms with Crippen molar-refractivity contribution >= 4 is 11.9 Å². The molecule has 0 aromatic carbocycles. The Labute approximate surface area is 128 Å². The summed E-state index contributed by atoms with van der Waals surface area (Å²) in [6.07, 6.45) is 3.52. The molecule has 0 saturated heterocycles. The molecule has 0 saturated carbocycles. The molecular weight excluding hydrogens is 288 g/mol. The van der Waals surface area contributed by atoms with Gasteiger partial charge in [0.2, 0.25) is 11.3 Å². The molecule has 0 spiro atoms. The van der Waals surface area contributed by atoms with Gasteiger partial charge < -0.3 is 19.7 Å². The van der Waals surface area contributed by atoms with Crippen LogP contribution in [0.4, 0.5) is 0 Å². The smallest absolute Gasteiger partial charge is 0.328 e. The van der Waals surface area contributed by atoms with Crippen molar-refractivity contribution in [2.75, 3.05) is 7.11 Å². The molecule has 0 fully saturated rings. The standard InChI is InChI=1S/C15H22N2O5/c1-10-14(20)13(19)7-9-17(10)8-5-4-6-12(15(21)22-3)16-11(2)18/h7,9,12,20H,4-6,8H2,1-3H3,(H,16,18)/t12-/m0/s1. The number of pyridine rings is 1. The lowest BCUT2D eigenvalue weighted by atomic mass is 10.1. The highest BCUT2D eigenvalue weighted by Gasteiger charge is 2.19. The fourth-order valence-corrected chi connectivity index (χ4v) is 2.17. The molecule has 7 nitrogen and oxygen atoms in total. The van der Waals surface area contributed by atoms with E-state index in [0.717, 1.165) is 6.42 Å². The largest absolute Gasteiger partial charge is 0.503 e. The van der Waals surface area contributed by atoms with Crippen LogP contribution in [0, 0.1) is 6.92 Å². The molecule has 1 aromatic heterocycles. The van der Waals surface area contributed by atoms with E-state index in [0.29, 0.717) is 25.1 Å². The first-order valence-corrected chi connectivity index (χ1v) is 7.10. The van der Waals surface area contributed by atoms with Gasteiger partial charge in [-0.3, -0.25) is 9.59 Å². The molecule has 1 heterocycles. The fraction of sp³-hybridized carbons (Fsp3) is 0.533. The van der Waals surface area contributed by atoms with E-state index in [2.05, 4.69) is 10.1 Å². The summed E-state index contributed by atoms with van der Waals surface area (Å²) in [6, 6.07) is 0.669. The third kappa shape index (κ3) is 4.91. The highest BCUT2D eigenvalue weighted by atomic mass is 16.5. The summed E-state index contributed by atoms with van der Waals surface area (Å²) in [5.41, 5.74) is 0.115. The normalized spacial score (nSPS) is 11.8. The lowest BCUT2D eigenvalue weighted by molar-refractivity contribution is -0.145. The van der Waals surface area contributed by atoms with Crippen LogP contribution in [0.25, 0.3) is 0 Å². The van der Waals surface area contributed by atoms with Crippen LogP contribution in [0.15, 0.2) is 17.1 Å². The van der Waals surface area contributed by atoms with Gasteiger partial charge in [-0.15, -0.1) is 0 Å². The highest BCUT2D eigenvalue weighted by molar-refractivity contribution is 5.83. The van der Waals surface area contributed by atoms with Gasteiger partial charge in [0.25, 0.3) is 0 Å². The van der Waals surface area contributed by atoms with Crippen molar-refractivity contribution < 1.29 is 19.4 Å². The molecule has 1 atom stereocenters. The van der Waals surface area contributed by atoms with Gasteiger partial charge in [0.05, 0.1) is 12.8 Å². The summed E-state index contributed by atoms with van der Waals surface area (Å²) in [5, 5.41) is 12.1. The van der Waals surface area contributed by atoms with E-state index in [-0.39, 0.29) is 11.7 Å². The zero-order chi connectivity index (χ0) is 16.7. The van der Waals surface area contributed by atoms with Gasteiger partial charge in [-0.2, -0.15) is 0 Å². The number of nitrogens with zero attached hydrogens (tertiary/aromatic N) is 1. The number of methoxy groups -OCH3 is 1. The van der Waals surface area contributed by atoms with Crippen molar-refractivity contribution in [3.05, 3.63) is 28.2 Å². The Morgan fingerprint density at radius 1 is 1.41 bits per heavy atom. The number of nitrogens with one attached hydrogen (secondary N) is 1. The number of carbonyl (C=O) groups is 2. The topological polar surface area (TPSA) is 97.6 Å². The van der Waals surface area contributed by atoms with Crippen LogP contribution in [0.3, 0.4) is 0 Å². The van der Waals surface area contributed by atoms with E-state index in [9.17, 15) is 19.5 Å². The van der Waals surface area contributed by atoms with E-state index >= 15 is 0 Å². The quantitative estimate of drug-likeness (QED) is 0.571. The summed E-state index contributed by atoms with van der Waals surface area (Å²) < 4.78 is 6.43. The molecule has 2 N–H and O–H groups in total. The first-order chi connectivity index (χ1) is 10.4. The van der Waals surface area contributed by atoms with Crippen LogP contribution < -0.4 is 10.7 Å². The van der Waals surface area contributed by atoms with Crippen LogP contribution in [0.1, 0.15) is 31.9 Å². The molecule has 0 aliphatic heterocycles. The van der Waals surface area contributed by atoms with E-state index in [1.807, 2.05) is 0 Å². The molecule has 122 valence electrons. The second kappa shape index (κ2) is 8.21. The summed E-state index contributed by atoms with van der Waals surface area (Å²) >= 11 is 0. The van der Waals surface area contributed by atoms with E-state index in [4.69, 9.17) is 0 Å². The van der Waals surface area contributed by atoms with Gasteiger partial charge in [0.1, 0.15) is 6.04 Å². The number of aromatic nitrogens is 1. The van der Waals surface area contributed by atoms with Crippen molar-refractivity contribution in [2.24, 2.45) is 0 Å². The lowest BCUT2D eigenvalue weighted by Gasteiger charge is -2.16. The Bertz CT molecular complexity index is 594. The Morgan fingerprint density at radius 3 is 2.68 bits per heavy atom. The molecule has 1 rings (SSSR count). The third-order valence-corrected chi connectivity index (χ3v) is 3.42. The van der Waals surface area contributed by atoms with Crippen LogP contribution >= 0.6 is 0 Å². The van der Waals surface area contributed by atoms with E-state index in [1.54, 1.807) is 17.7 Å². The number of amides is 1. The number of ether oxygens (including phenoxy) is 1. The number of hydrogen-bond donors (Lipinski definition) is 2. The van der Waals surface area contributed by atoms with Crippen molar-refractivity contribution in [3.63, 3.8) is 0 Å². The SMILES string of the molecule is COC(=O)[C@H](CCCCn1ccc(=O)c(O)c1C)NC(C)=O. The number of esters is 1. The van der Waals surface area contributed by atoms with Crippen molar-refractivity contribution in [3.8, 4) is 5.75 Å². The molecule has 0 aliphatic rings. The van der Waals surface area contributed by atoms with Gasteiger partial charge in [0.15, 0.2) is 5.75 Å². The van der Waals surface area contributed by atoms with E-state index in [1.165, 1.54) is 20.1 Å². The first kappa shape index (κ1) is 17.7. The van der Waals surface area contributed by atoms with Crippen molar-refractivity contribution in [1.82, 2.24) is 9.88 Å². The lowest BCUT2D eigenvalue weighted by Crippen LogP contribution is -2.40. The van der Waals surface area contributed by atoms with Crippen LogP contribution in [-0.4, -0.2) is 34.7 Å². The summed E-state index contributed by atoms with van der Waals surface area (Å²) in [5.74, 6) is -0.989. The second-order valence-corrected chi connectivity index (χ2v) is 5.08. The average Bonchev–Trinajstić information content (AvgIpc) is 2.48. The number of hydrogen-bond acceptors (Lipinski definition) is 5. The van der Waals surface area contributed by atoms with Crippen LogP contribution in [-0.2, 0) is 20.9 Å². The number of aryl methyl sites for hydroxylation is 1. The zero-order valence-corrected chi connectivity index (χ0v) is 13.1. The summed E-state index contributed by atoms with van der Waals surface area (Å²) in [6.45, 7) is 3.63.